The van der Waals surface area contributed by atoms with E-state index < -0.39 is 6.17 Å². The lowest BCUT2D eigenvalue weighted by molar-refractivity contribution is 0.338. The Kier molecular flexibility index (Phi) is 6.70. The van der Waals surface area contributed by atoms with Crippen molar-refractivity contribution in [3.63, 3.8) is 0 Å². The van der Waals surface area contributed by atoms with Crippen LogP contribution in [0.4, 0.5) is 4.39 Å². The molecule has 0 radical (unpaired) electrons. The lowest BCUT2D eigenvalue weighted by Gasteiger charge is -2.27. The zero-order chi connectivity index (χ0) is 15.8. The van der Waals surface area contributed by atoms with Gasteiger partial charge in [0, 0.05) is 45.0 Å². The maximum absolute atomic E-state index is 14.7. The summed E-state index contributed by atoms with van der Waals surface area (Å²) < 4.78 is 19.5. The predicted molar refractivity (Wildman–Crippen MR) is 86.1 cm³/mol. The van der Waals surface area contributed by atoms with Crippen LogP contribution in [-0.2, 0) is 4.74 Å². The molecule has 0 aliphatic heterocycles. The van der Waals surface area contributed by atoms with Gasteiger partial charge >= 0.3 is 0 Å². The van der Waals surface area contributed by atoms with E-state index in [0.717, 1.165) is 16.8 Å². The van der Waals surface area contributed by atoms with Gasteiger partial charge in [0.25, 0.3) is 0 Å². The van der Waals surface area contributed by atoms with E-state index in [1.807, 2.05) is 38.1 Å². The lowest BCUT2D eigenvalue weighted by Crippen LogP contribution is -2.22. The summed E-state index contributed by atoms with van der Waals surface area (Å²) in [6.07, 6.45) is 8.02. The van der Waals surface area contributed by atoms with Crippen molar-refractivity contribution >= 4 is 6.21 Å². The number of halogens is 1. The second-order valence-electron chi connectivity index (χ2n) is 4.87. The summed E-state index contributed by atoms with van der Waals surface area (Å²) in [4.78, 5) is 5.94. The van der Waals surface area contributed by atoms with Crippen LogP contribution in [0.25, 0.3) is 0 Å². The smallest absolute Gasteiger partial charge is 0.132 e. The van der Waals surface area contributed by atoms with Crippen LogP contribution in [0.1, 0.15) is 13.3 Å². The summed E-state index contributed by atoms with van der Waals surface area (Å²) in [6, 6.07) is 0. The van der Waals surface area contributed by atoms with Gasteiger partial charge in [0.2, 0.25) is 0 Å². The molecule has 4 heteroatoms. The van der Waals surface area contributed by atoms with Crippen molar-refractivity contribution < 1.29 is 9.13 Å². The molecule has 0 aromatic heterocycles. The van der Waals surface area contributed by atoms with E-state index >= 15 is 0 Å². The van der Waals surface area contributed by atoms with E-state index in [4.69, 9.17) is 4.74 Å². The maximum Gasteiger partial charge on any atom is 0.132 e. The molecule has 3 nitrogen and oxygen atoms in total. The van der Waals surface area contributed by atoms with Crippen molar-refractivity contribution in [1.82, 2.24) is 4.90 Å². The monoisotopic (exact) mass is 290 g/mol. The Morgan fingerprint density at radius 1 is 1.52 bits per heavy atom. The number of alkyl halides is 1. The average molecular weight is 290 g/mol. The van der Waals surface area contributed by atoms with E-state index in [2.05, 4.69) is 10.7 Å². The molecule has 0 bridgehead atoms. The first kappa shape index (κ1) is 17.0. The molecule has 1 aliphatic rings. The Morgan fingerprint density at radius 3 is 2.76 bits per heavy atom. The fourth-order valence-corrected chi connectivity index (χ4v) is 2.19. The van der Waals surface area contributed by atoms with E-state index in [-0.39, 0.29) is 0 Å². The maximum atomic E-state index is 14.7. The summed E-state index contributed by atoms with van der Waals surface area (Å²) in [5, 5.41) is 0. The highest BCUT2D eigenvalue weighted by Gasteiger charge is 2.25. The number of aliphatic imine (C=N–C) groups is 1. The number of allylic oxidation sites excluding steroid dienone is 7. The molecular formula is C17H23FN2O. The summed E-state index contributed by atoms with van der Waals surface area (Å²) in [5.74, 6) is 0. The van der Waals surface area contributed by atoms with Crippen LogP contribution in [0, 0.1) is 0 Å². The Labute approximate surface area is 126 Å². The van der Waals surface area contributed by atoms with Crippen LogP contribution in [0.15, 0.2) is 57.6 Å². The first-order chi connectivity index (χ1) is 10.0. The van der Waals surface area contributed by atoms with E-state index in [9.17, 15) is 4.39 Å². The fourth-order valence-electron chi connectivity index (χ4n) is 2.19. The lowest BCUT2D eigenvalue weighted by atomic mass is 9.88. The van der Waals surface area contributed by atoms with Gasteiger partial charge in [0.05, 0.1) is 7.11 Å². The molecule has 0 amide bonds. The number of ether oxygens (including phenoxy) is 1. The zero-order valence-electron chi connectivity index (χ0n) is 13.4. The van der Waals surface area contributed by atoms with Crippen molar-refractivity contribution in [1.29, 1.82) is 0 Å². The van der Waals surface area contributed by atoms with Gasteiger partial charge in [0.15, 0.2) is 0 Å². The summed E-state index contributed by atoms with van der Waals surface area (Å²) in [5.41, 5.74) is 6.08. The minimum atomic E-state index is -1.06. The van der Waals surface area contributed by atoms with Gasteiger partial charge in [-0.05, 0) is 30.2 Å². The van der Waals surface area contributed by atoms with Gasteiger partial charge in [0.1, 0.15) is 12.4 Å². The first-order valence-electron chi connectivity index (χ1n) is 6.83. The third-order valence-corrected chi connectivity index (χ3v) is 3.22. The second-order valence-corrected chi connectivity index (χ2v) is 4.87. The highest BCUT2D eigenvalue weighted by atomic mass is 19.1. The number of hydrogen-bond donors (Lipinski definition) is 0. The molecular weight excluding hydrogens is 267 g/mol. The van der Waals surface area contributed by atoms with Crippen LogP contribution in [0.2, 0.25) is 0 Å². The third kappa shape index (κ3) is 4.47. The summed E-state index contributed by atoms with van der Waals surface area (Å²) in [7, 11) is 7.07. The summed E-state index contributed by atoms with van der Waals surface area (Å²) in [6.45, 7) is 1.88. The molecule has 0 spiro atoms. The molecule has 0 fully saturated rings. The molecule has 114 valence electrons. The topological polar surface area (TPSA) is 24.8 Å². The van der Waals surface area contributed by atoms with Crippen LogP contribution >= 0.6 is 0 Å². The van der Waals surface area contributed by atoms with Gasteiger partial charge in [-0.2, -0.15) is 0 Å². The molecule has 0 saturated heterocycles. The number of methoxy groups -OCH3 is 1. The molecule has 1 unspecified atom stereocenters. The van der Waals surface area contributed by atoms with Gasteiger partial charge in [-0.15, -0.1) is 0 Å². The average Bonchev–Trinajstić information content (AvgIpc) is 2.45. The fraction of sp³-hybridized carbons (Fsp3) is 0.412. The molecule has 1 rings (SSSR count). The van der Waals surface area contributed by atoms with Gasteiger partial charge in [-0.25, -0.2) is 4.39 Å². The molecule has 0 N–H and O–H groups in total. The molecule has 0 heterocycles. The van der Waals surface area contributed by atoms with Crippen LogP contribution in [-0.4, -0.2) is 45.5 Å². The standard InChI is InChI=1S/C17H23FN2O/c1-6-13(12-19-2)17-14(8-7-9-21-5)10-15(20(3)4)11-16(17)18/h6,8-10,12,16H,11H2,1-5H3/b13-6+,19-12-. The van der Waals surface area contributed by atoms with Crippen LogP contribution in [0.3, 0.4) is 0 Å². The molecule has 21 heavy (non-hydrogen) atoms. The van der Waals surface area contributed by atoms with E-state index in [0.29, 0.717) is 12.0 Å². The van der Waals surface area contributed by atoms with E-state index in [1.54, 1.807) is 26.4 Å². The molecule has 0 aromatic rings. The van der Waals surface area contributed by atoms with Crippen molar-refractivity contribution in [2.45, 2.75) is 19.5 Å². The highest BCUT2D eigenvalue weighted by Crippen LogP contribution is 2.32. The number of hydrogen-bond acceptors (Lipinski definition) is 3. The first-order valence-corrected chi connectivity index (χ1v) is 6.83. The molecule has 0 saturated carbocycles. The Bertz CT molecular complexity index is 547. The Morgan fingerprint density at radius 2 is 2.24 bits per heavy atom. The van der Waals surface area contributed by atoms with Crippen molar-refractivity contribution in [3.05, 3.63) is 52.6 Å². The summed E-state index contributed by atoms with van der Waals surface area (Å²) >= 11 is 0. The van der Waals surface area contributed by atoms with Gasteiger partial charge in [-0.3, -0.25) is 4.99 Å². The molecule has 1 aliphatic carbocycles. The number of rotatable bonds is 5. The Balaban J connectivity index is 3.44. The van der Waals surface area contributed by atoms with Gasteiger partial charge < -0.3 is 9.64 Å². The quantitative estimate of drug-likeness (QED) is 0.440. The largest absolute Gasteiger partial charge is 0.496 e. The normalized spacial score (nSPS) is 19.2. The predicted octanol–water partition coefficient (Wildman–Crippen LogP) is 3.43. The second kappa shape index (κ2) is 8.28. The molecule has 0 aromatic carbocycles. The van der Waals surface area contributed by atoms with Crippen molar-refractivity contribution in [2.24, 2.45) is 4.99 Å². The Hall–Kier alpha value is -2.06. The van der Waals surface area contributed by atoms with Crippen molar-refractivity contribution in [2.75, 3.05) is 28.3 Å². The number of nitrogens with zero attached hydrogens (tertiary/aromatic N) is 2. The van der Waals surface area contributed by atoms with Crippen LogP contribution < -0.4 is 0 Å². The van der Waals surface area contributed by atoms with Gasteiger partial charge in [-0.1, -0.05) is 11.8 Å². The van der Waals surface area contributed by atoms with Crippen molar-refractivity contribution in [3.8, 4) is 0 Å². The molecule has 1 atom stereocenters. The zero-order valence-corrected chi connectivity index (χ0v) is 13.4. The third-order valence-electron chi connectivity index (χ3n) is 3.22. The highest BCUT2D eigenvalue weighted by molar-refractivity contribution is 5.86. The van der Waals surface area contributed by atoms with Crippen LogP contribution in [0.5, 0.6) is 0 Å². The minimum Gasteiger partial charge on any atom is -0.496 e. The minimum absolute atomic E-state index is 0.364. The van der Waals surface area contributed by atoms with E-state index in [1.165, 1.54) is 6.26 Å². The SMILES string of the molecule is C/C=C(\C=N/C)C1=C(C=C=COC)C=C(N(C)C)CC1F.